The van der Waals surface area contributed by atoms with Crippen molar-refractivity contribution in [2.24, 2.45) is 17.6 Å². The third-order valence-corrected chi connectivity index (χ3v) is 4.03. The largest absolute Gasteiger partial charge is 0.341 e. The first-order valence-electron chi connectivity index (χ1n) is 6.96. The van der Waals surface area contributed by atoms with Gasteiger partial charge in [-0.15, -0.1) is 0 Å². The van der Waals surface area contributed by atoms with E-state index in [2.05, 4.69) is 20.8 Å². The lowest BCUT2D eigenvalue weighted by molar-refractivity contribution is -0.138. The van der Waals surface area contributed by atoms with Crippen molar-refractivity contribution < 1.29 is 4.79 Å². The van der Waals surface area contributed by atoms with Crippen molar-refractivity contribution in [2.75, 3.05) is 13.1 Å². The molecule has 0 bridgehead atoms. The second-order valence-corrected chi connectivity index (χ2v) is 6.04. The zero-order valence-electron chi connectivity index (χ0n) is 11.8. The van der Waals surface area contributed by atoms with E-state index in [0.29, 0.717) is 0 Å². The van der Waals surface area contributed by atoms with Crippen LogP contribution >= 0.6 is 0 Å². The smallest absolute Gasteiger partial charge is 0.242 e. The number of carbonyl (C=O) groups is 1. The lowest BCUT2D eigenvalue weighted by atomic mass is 9.85. The van der Waals surface area contributed by atoms with Crippen molar-refractivity contribution in [3.63, 3.8) is 0 Å². The molecule has 1 fully saturated rings. The van der Waals surface area contributed by atoms with Crippen LogP contribution in [-0.4, -0.2) is 29.4 Å². The van der Waals surface area contributed by atoms with Crippen LogP contribution in [0.15, 0.2) is 0 Å². The fraction of sp³-hybridized carbons (Fsp3) is 0.929. The maximum absolute atomic E-state index is 12.3. The van der Waals surface area contributed by atoms with Crippen LogP contribution in [0.2, 0.25) is 0 Å². The fourth-order valence-corrected chi connectivity index (χ4v) is 2.76. The van der Waals surface area contributed by atoms with E-state index in [1.807, 2.05) is 11.8 Å². The standard InChI is InChI=1S/C14H28N2O/c1-5-8-14(4,15)13(17)16-9-6-12(7-10-16)11(2)3/h11-12H,5-10,15H2,1-4H3. The molecule has 3 heteroatoms. The van der Waals surface area contributed by atoms with Crippen LogP contribution in [0.25, 0.3) is 0 Å². The molecule has 1 aliphatic heterocycles. The van der Waals surface area contributed by atoms with Crippen LogP contribution in [0.4, 0.5) is 0 Å². The first-order valence-corrected chi connectivity index (χ1v) is 6.96. The molecule has 1 saturated heterocycles. The summed E-state index contributed by atoms with van der Waals surface area (Å²) >= 11 is 0. The number of hydrogen-bond donors (Lipinski definition) is 1. The summed E-state index contributed by atoms with van der Waals surface area (Å²) in [5.74, 6) is 1.64. The predicted molar refractivity (Wildman–Crippen MR) is 71.6 cm³/mol. The number of nitrogens with two attached hydrogens (primary N) is 1. The molecule has 1 atom stereocenters. The van der Waals surface area contributed by atoms with Gasteiger partial charge in [-0.05, 0) is 38.0 Å². The molecule has 0 saturated carbocycles. The Balaban J connectivity index is 2.51. The van der Waals surface area contributed by atoms with Gasteiger partial charge in [0.15, 0.2) is 0 Å². The van der Waals surface area contributed by atoms with E-state index >= 15 is 0 Å². The van der Waals surface area contributed by atoms with Gasteiger partial charge in [-0.3, -0.25) is 4.79 Å². The van der Waals surface area contributed by atoms with E-state index in [9.17, 15) is 4.79 Å². The summed E-state index contributed by atoms with van der Waals surface area (Å²) in [7, 11) is 0. The van der Waals surface area contributed by atoms with Crippen LogP contribution in [0.3, 0.4) is 0 Å². The molecule has 2 N–H and O–H groups in total. The summed E-state index contributed by atoms with van der Waals surface area (Å²) in [6.45, 7) is 10.3. The number of piperidine rings is 1. The van der Waals surface area contributed by atoms with Crippen molar-refractivity contribution >= 4 is 5.91 Å². The van der Waals surface area contributed by atoms with Crippen LogP contribution in [-0.2, 0) is 4.79 Å². The average molecular weight is 240 g/mol. The van der Waals surface area contributed by atoms with E-state index in [-0.39, 0.29) is 5.91 Å². The van der Waals surface area contributed by atoms with Gasteiger partial charge < -0.3 is 10.6 Å². The van der Waals surface area contributed by atoms with Crippen molar-refractivity contribution in [3.05, 3.63) is 0 Å². The molecule has 0 radical (unpaired) electrons. The van der Waals surface area contributed by atoms with Crippen molar-refractivity contribution in [1.29, 1.82) is 0 Å². The molecule has 17 heavy (non-hydrogen) atoms. The Kier molecular flexibility index (Phi) is 4.99. The highest BCUT2D eigenvalue weighted by Crippen LogP contribution is 2.26. The Morgan fingerprint density at radius 3 is 2.35 bits per heavy atom. The van der Waals surface area contributed by atoms with Crippen molar-refractivity contribution in [2.45, 2.75) is 58.9 Å². The third kappa shape index (κ3) is 3.70. The van der Waals surface area contributed by atoms with Gasteiger partial charge in [-0.25, -0.2) is 0 Å². The molecular weight excluding hydrogens is 212 g/mol. The molecule has 0 aliphatic carbocycles. The maximum atomic E-state index is 12.3. The molecule has 0 spiro atoms. The molecule has 1 amide bonds. The Morgan fingerprint density at radius 2 is 1.94 bits per heavy atom. The maximum Gasteiger partial charge on any atom is 0.242 e. The minimum Gasteiger partial charge on any atom is -0.341 e. The topological polar surface area (TPSA) is 46.3 Å². The summed E-state index contributed by atoms with van der Waals surface area (Å²) in [4.78, 5) is 14.3. The van der Waals surface area contributed by atoms with Gasteiger partial charge in [0.25, 0.3) is 0 Å². The Labute approximate surface area is 106 Å². The summed E-state index contributed by atoms with van der Waals surface area (Å²) in [5.41, 5.74) is 5.44. The van der Waals surface area contributed by atoms with Crippen LogP contribution < -0.4 is 5.73 Å². The second kappa shape index (κ2) is 5.85. The number of rotatable bonds is 4. The zero-order valence-corrected chi connectivity index (χ0v) is 11.8. The quantitative estimate of drug-likeness (QED) is 0.820. The SMILES string of the molecule is CCCC(C)(N)C(=O)N1CCC(C(C)C)CC1. The first kappa shape index (κ1) is 14.5. The number of amides is 1. The lowest BCUT2D eigenvalue weighted by Gasteiger charge is -2.38. The minimum atomic E-state index is -0.667. The van der Waals surface area contributed by atoms with E-state index in [4.69, 9.17) is 5.73 Å². The van der Waals surface area contributed by atoms with Crippen molar-refractivity contribution in [3.8, 4) is 0 Å². The van der Waals surface area contributed by atoms with Gasteiger partial charge in [-0.1, -0.05) is 27.2 Å². The molecule has 1 heterocycles. The second-order valence-electron chi connectivity index (χ2n) is 6.04. The molecule has 1 rings (SSSR count). The van der Waals surface area contributed by atoms with Gasteiger partial charge >= 0.3 is 0 Å². The van der Waals surface area contributed by atoms with Crippen LogP contribution in [0, 0.1) is 11.8 Å². The van der Waals surface area contributed by atoms with Crippen molar-refractivity contribution in [1.82, 2.24) is 4.90 Å². The van der Waals surface area contributed by atoms with E-state index < -0.39 is 5.54 Å². The summed E-state index contributed by atoms with van der Waals surface area (Å²) in [6.07, 6.45) is 3.99. The number of carbonyl (C=O) groups excluding carboxylic acids is 1. The molecule has 3 nitrogen and oxygen atoms in total. The Morgan fingerprint density at radius 1 is 1.41 bits per heavy atom. The highest BCUT2D eigenvalue weighted by atomic mass is 16.2. The van der Waals surface area contributed by atoms with E-state index in [1.165, 1.54) is 0 Å². The number of nitrogens with zero attached hydrogens (tertiary/aromatic N) is 1. The van der Waals surface area contributed by atoms with Gasteiger partial charge in [0.05, 0.1) is 5.54 Å². The number of hydrogen-bond acceptors (Lipinski definition) is 2. The van der Waals surface area contributed by atoms with Gasteiger partial charge in [0, 0.05) is 13.1 Å². The fourth-order valence-electron chi connectivity index (χ4n) is 2.76. The average Bonchev–Trinajstić information content (AvgIpc) is 2.28. The van der Waals surface area contributed by atoms with Crippen LogP contribution in [0.5, 0.6) is 0 Å². The highest BCUT2D eigenvalue weighted by Gasteiger charge is 2.34. The monoisotopic (exact) mass is 240 g/mol. The zero-order chi connectivity index (χ0) is 13.1. The minimum absolute atomic E-state index is 0.140. The summed E-state index contributed by atoms with van der Waals surface area (Å²) < 4.78 is 0. The molecule has 0 aromatic carbocycles. The molecule has 100 valence electrons. The molecule has 0 aromatic rings. The van der Waals surface area contributed by atoms with E-state index in [0.717, 1.165) is 50.6 Å². The Bertz CT molecular complexity index is 253. The molecule has 1 aliphatic rings. The normalized spacial score (nSPS) is 21.6. The van der Waals surface area contributed by atoms with Gasteiger partial charge in [0.1, 0.15) is 0 Å². The Hall–Kier alpha value is -0.570. The third-order valence-electron chi connectivity index (χ3n) is 4.03. The molecule has 0 aromatic heterocycles. The molecular formula is C14H28N2O. The summed E-state index contributed by atoms with van der Waals surface area (Å²) in [5, 5.41) is 0. The lowest BCUT2D eigenvalue weighted by Crippen LogP contribution is -2.55. The van der Waals surface area contributed by atoms with E-state index in [1.54, 1.807) is 0 Å². The highest BCUT2D eigenvalue weighted by molar-refractivity contribution is 5.85. The van der Waals surface area contributed by atoms with Crippen LogP contribution in [0.1, 0.15) is 53.4 Å². The predicted octanol–water partition coefficient (Wildman–Crippen LogP) is 2.40. The number of likely N-dealkylation sites (tertiary alicyclic amines) is 1. The summed E-state index contributed by atoms with van der Waals surface area (Å²) in [6, 6.07) is 0. The first-order chi connectivity index (χ1) is 7.88. The van der Waals surface area contributed by atoms with Gasteiger partial charge in [0.2, 0.25) is 5.91 Å². The van der Waals surface area contributed by atoms with Gasteiger partial charge in [-0.2, -0.15) is 0 Å². The molecule has 1 unspecified atom stereocenters.